The van der Waals surface area contributed by atoms with Crippen LogP contribution in [-0.2, 0) is 34.0 Å². The number of piperidine rings is 1. The van der Waals surface area contributed by atoms with Crippen molar-refractivity contribution >= 4 is 11.8 Å². The van der Waals surface area contributed by atoms with Crippen molar-refractivity contribution in [3.05, 3.63) is 76.3 Å². The smallest absolute Gasteiger partial charge is 0.312 e. The van der Waals surface area contributed by atoms with Gasteiger partial charge in [0.05, 0.1) is 23.8 Å². The molecule has 1 saturated carbocycles. The zero-order valence-electron chi connectivity index (χ0n) is 25.3. The summed E-state index contributed by atoms with van der Waals surface area (Å²) in [6.45, 7) is 9.57. The molecule has 8 heteroatoms. The van der Waals surface area contributed by atoms with Crippen LogP contribution in [0.1, 0.15) is 47.1 Å². The number of aliphatic carboxylic acids is 1. The van der Waals surface area contributed by atoms with Crippen LogP contribution in [0.4, 0.5) is 5.82 Å². The second-order valence-corrected chi connectivity index (χ2v) is 12.7. The number of pyridine rings is 1. The van der Waals surface area contributed by atoms with Gasteiger partial charge >= 0.3 is 5.97 Å². The lowest BCUT2D eigenvalue weighted by Gasteiger charge is -2.31. The van der Waals surface area contributed by atoms with Crippen LogP contribution in [0.5, 0.6) is 5.75 Å². The molecule has 1 aromatic heterocycles. The standard InChI is InChI=1S/C35H41N3O5/c1-22-6-4-7-28(30-8-5-9-32(36-30)38-18-26-16-35(26,34(39)40)31(38)21-41-3)33(22)43-20-25-11-10-24-17-37(19-29(24)23(25)2)27-12-14-42-15-13-27/h4-11,26-27,31H,12-21H2,1-3H3,(H,39,40)/t26-,31+,35+/m0/s1. The highest BCUT2D eigenvalue weighted by atomic mass is 16.5. The lowest BCUT2D eigenvalue weighted by Crippen LogP contribution is -2.43. The highest BCUT2D eigenvalue weighted by Crippen LogP contribution is 2.62. The molecular weight excluding hydrogens is 542 g/mol. The Balaban J connectivity index is 1.12. The zero-order chi connectivity index (χ0) is 29.7. The summed E-state index contributed by atoms with van der Waals surface area (Å²) >= 11 is 0. The summed E-state index contributed by atoms with van der Waals surface area (Å²) in [5, 5.41) is 10.0. The Morgan fingerprint density at radius 3 is 2.70 bits per heavy atom. The first-order valence-corrected chi connectivity index (χ1v) is 15.5. The molecule has 226 valence electrons. The van der Waals surface area contributed by atoms with E-state index in [0.29, 0.717) is 32.2 Å². The Bertz CT molecular complexity index is 1540. The van der Waals surface area contributed by atoms with Crippen molar-refractivity contribution in [2.45, 2.75) is 64.9 Å². The number of ether oxygens (including phenoxy) is 3. The number of aromatic nitrogens is 1. The van der Waals surface area contributed by atoms with Crippen molar-refractivity contribution in [2.24, 2.45) is 11.3 Å². The van der Waals surface area contributed by atoms with Gasteiger partial charge in [0.2, 0.25) is 0 Å². The molecule has 3 aliphatic heterocycles. The first kappa shape index (κ1) is 28.3. The molecule has 0 unspecified atom stereocenters. The minimum Gasteiger partial charge on any atom is -0.488 e. The van der Waals surface area contributed by atoms with E-state index in [1.54, 1.807) is 7.11 Å². The maximum absolute atomic E-state index is 12.2. The van der Waals surface area contributed by atoms with Crippen molar-refractivity contribution < 1.29 is 24.1 Å². The summed E-state index contributed by atoms with van der Waals surface area (Å²) in [7, 11) is 1.63. The van der Waals surface area contributed by atoms with Crippen LogP contribution in [0.2, 0.25) is 0 Å². The van der Waals surface area contributed by atoms with E-state index in [4.69, 9.17) is 19.2 Å². The fraction of sp³-hybridized carbons (Fsp3) is 0.486. The molecule has 0 bridgehead atoms. The van der Waals surface area contributed by atoms with Crippen molar-refractivity contribution in [2.75, 3.05) is 38.4 Å². The van der Waals surface area contributed by atoms with Gasteiger partial charge in [0.25, 0.3) is 0 Å². The lowest BCUT2D eigenvalue weighted by atomic mass is 9.97. The third kappa shape index (κ3) is 4.89. The maximum atomic E-state index is 12.2. The van der Waals surface area contributed by atoms with Crippen LogP contribution >= 0.6 is 0 Å². The first-order chi connectivity index (χ1) is 20.9. The molecular formula is C35H41N3O5. The van der Waals surface area contributed by atoms with E-state index in [1.165, 1.54) is 22.3 Å². The Morgan fingerprint density at radius 2 is 1.91 bits per heavy atom. The van der Waals surface area contributed by atoms with Crippen molar-refractivity contribution in [1.82, 2.24) is 9.88 Å². The van der Waals surface area contributed by atoms with Crippen LogP contribution in [0, 0.1) is 25.2 Å². The lowest BCUT2D eigenvalue weighted by molar-refractivity contribution is -0.144. The number of carboxylic acids is 1. The predicted octanol–water partition coefficient (Wildman–Crippen LogP) is 5.36. The van der Waals surface area contributed by atoms with Crippen LogP contribution < -0.4 is 9.64 Å². The number of para-hydroxylation sites is 1. The highest BCUT2D eigenvalue weighted by Gasteiger charge is 2.71. The van der Waals surface area contributed by atoms with Gasteiger partial charge in [0, 0.05) is 51.6 Å². The van der Waals surface area contributed by atoms with Gasteiger partial charge in [0.15, 0.2) is 0 Å². The molecule has 4 aliphatic rings. The number of anilines is 1. The monoisotopic (exact) mass is 583 g/mol. The largest absolute Gasteiger partial charge is 0.488 e. The summed E-state index contributed by atoms with van der Waals surface area (Å²) < 4.78 is 17.7. The number of methoxy groups -OCH3 is 1. The van der Waals surface area contributed by atoms with Gasteiger partial charge in [-0.1, -0.05) is 30.3 Å². The van der Waals surface area contributed by atoms with Gasteiger partial charge in [-0.25, -0.2) is 4.98 Å². The highest BCUT2D eigenvalue weighted by molar-refractivity contribution is 5.82. The molecule has 4 heterocycles. The van der Waals surface area contributed by atoms with Gasteiger partial charge in [-0.05, 0) is 85.0 Å². The molecule has 0 spiro atoms. The molecule has 3 fully saturated rings. The van der Waals surface area contributed by atoms with Crippen LogP contribution in [0.25, 0.3) is 11.3 Å². The SMILES string of the molecule is COC[C@H]1N(c2cccc(-c3cccc(C)c3OCc3ccc4c(c3C)CN(C3CCOCC3)C4)n2)C[C@@H]2C[C@@]21C(=O)O. The Hall–Kier alpha value is -3.46. The summed E-state index contributed by atoms with van der Waals surface area (Å²) in [4.78, 5) is 22.0. The fourth-order valence-electron chi connectivity index (χ4n) is 7.78. The average molecular weight is 584 g/mol. The van der Waals surface area contributed by atoms with Gasteiger partial charge in [-0.15, -0.1) is 0 Å². The second kappa shape index (κ2) is 11.2. The number of hydrogen-bond donors (Lipinski definition) is 1. The van der Waals surface area contributed by atoms with Crippen LogP contribution in [-0.4, -0.2) is 66.5 Å². The minimum atomic E-state index is -0.735. The summed E-state index contributed by atoms with van der Waals surface area (Å²) in [6.07, 6.45) is 2.93. The minimum absolute atomic E-state index is 0.132. The van der Waals surface area contributed by atoms with Crippen molar-refractivity contribution in [3.63, 3.8) is 0 Å². The number of fused-ring (bicyclic) bond motifs is 2. The number of hydrogen-bond acceptors (Lipinski definition) is 7. The van der Waals surface area contributed by atoms with E-state index in [-0.39, 0.29) is 12.0 Å². The first-order valence-electron chi connectivity index (χ1n) is 15.5. The van der Waals surface area contributed by atoms with Crippen molar-refractivity contribution in [1.29, 1.82) is 0 Å². The van der Waals surface area contributed by atoms with Gasteiger partial charge in [-0.3, -0.25) is 9.69 Å². The molecule has 0 radical (unpaired) electrons. The van der Waals surface area contributed by atoms with E-state index in [9.17, 15) is 9.90 Å². The average Bonchev–Trinajstić information content (AvgIpc) is 3.43. The van der Waals surface area contributed by atoms with E-state index in [2.05, 4.69) is 47.9 Å². The quantitative estimate of drug-likeness (QED) is 0.360. The molecule has 1 aliphatic carbocycles. The normalized spacial score (nSPS) is 25.0. The number of benzene rings is 2. The van der Waals surface area contributed by atoms with Gasteiger partial charge < -0.3 is 24.2 Å². The summed E-state index contributed by atoms with van der Waals surface area (Å²) in [5.74, 6) is 1.01. The maximum Gasteiger partial charge on any atom is 0.312 e. The predicted molar refractivity (Wildman–Crippen MR) is 164 cm³/mol. The second-order valence-electron chi connectivity index (χ2n) is 12.7. The molecule has 2 aromatic carbocycles. The van der Waals surface area contributed by atoms with Crippen LogP contribution in [0.15, 0.2) is 48.5 Å². The number of carbonyl (C=O) groups is 1. The van der Waals surface area contributed by atoms with Crippen LogP contribution in [0.3, 0.4) is 0 Å². The third-order valence-corrected chi connectivity index (χ3v) is 10.4. The van der Waals surface area contributed by atoms with Crippen molar-refractivity contribution in [3.8, 4) is 17.0 Å². The molecule has 7 rings (SSSR count). The molecule has 8 nitrogen and oxygen atoms in total. The summed E-state index contributed by atoms with van der Waals surface area (Å²) in [5.41, 5.74) is 7.48. The molecule has 3 atom stereocenters. The number of aryl methyl sites for hydroxylation is 1. The molecule has 3 aromatic rings. The Labute approximate surface area is 253 Å². The van der Waals surface area contributed by atoms with Gasteiger partial charge in [0.1, 0.15) is 18.2 Å². The number of carboxylic acid groups (broad SMARTS) is 1. The van der Waals surface area contributed by atoms with E-state index in [1.807, 2.05) is 24.3 Å². The molecule has 0 amide bonds. The Kier molecular flexibility index (Phi) is 7.40. The van der Waals surface area contributed by atoms with E-state index in [0.717, 1.165) is 67.5 Å². The molecule has 2 saturated heterocycles. The van der Waals surface area contributed by atoms with Gasteiger partial charge in [-0.2, -0.15) is 0 Å². The topological polar surface area (TPSA) is 84.4 Å². The Morgan fingerprint density at radius 1 is 1.09 bits per heavy atom. The van der Waals surface area contributed by atoms with E-state index >= 15 is 0 Å². The van der Waals surface area contributed by atoms with E-state index < -0.39 is 11.4 Å². The fourth-order valence-corrected chi connectivity index (χ4v) is 7.78. The molecule has 43 heavy (non-hydrogen) atoms. The number of nitrogens with zero attached hydrogens (tertiary/aromatic N) is 3. The summed E-state index contributed by atoms with van der Waals surface area (Å²) in [6, 6.07) is 17.0. The zero-order valence-corrected chi connectivity index (χ0v) is 25.3. The molecule has 1 N–H and O–H groups in total. The number of rotatable bonds is 9. The third-order valence-electron chi connectivity index (χ3n) is 10.4.